The number of ether oxygens (including phenoxy) is 1. The number of aromatic nitrogens is 2. The monoisotopic (exact) mass is 450 g/mol. The molecule has 2 aromatic carbocycles. The molecular weight excluding hydrogens is 432 g/mol. The molecule has 4 rings (SSSR count). The summed E-state index contributed by atoms with van der Waals surface area (Å²) in [5, 5.41) is 9.15. The molecule has 0 radical (unpaired) electrons. The van der Waals surface area contributed by atoms with Crippen LogP contribution in [-0.2, 0) is 4.79 Å². The second-order valence-electron chi connectivity index (χ2n) is 6.81. The van der Waals surface area contributed by atoms with Crippen LogP contribution >= 0.6 is 11.8 Å². The van der Waals surface area contributed by atoms with Gasteiger partial charge < -0.3 is 10.1 Å². The first-order valence-electron chi connectivity index (χ1n) is 9.63. The van der Waals surface area contributed by atoms with Gasteiger partial charge in [-0.15, -0.1) is 0 Å². The van der Waals surface area contributed by atoms with Gasteiger partial charge in [0.25, 0.3) is 22.6 Å². The maximum atomic E-state index is 12.6. The van der Waals surface area contributed by atoms with E-state index in [0.717, 1.165) is 22.2 Å². The minimum Gasteiger partial charge on any atom is -0.497 e. The molecule has 0 unspecified atom stereocenters. The molecule has 9 nitrogen and oxygen atoms in total. The van der Waals surface area contributed by atoms with E-state index in [1.807, 2.05) is 0 Å². The normalized spacial score (nSPS) is 14.9. The summed E-state index contributed by atoms with van der Waals surface area (Å²) in [6, 6.07) is 13.7. The first-order chi connectivity index (χ1) is 15.5. The number of carbonyl (C=O) groups excluding carboxylic acids is 3. The Morgan fingerprint density at radius 2 is 1.84 bits per heavy atom. The Morgan fingerprint density at radius 1 is 1.12 bits per heavy atom. The van der Waals surface area contributed by atoms with E-state index in [0.29, 0.717) is 21.4 Å². The van der Waals surface area contributed by atoms with Crippen LogP contribution in [0.1, 0.15) is 16.1 Å². The van der Waals surface area contributed by atoms with E-state index in [-0.39, 0.29) is 18.8 Å². The molecular formula is C22H18N4O5S. The number of fused-ring (bicyclic) bond motifs is 1. The van der Waals surface area contributed by atoms with Crippen molar-refractivity contribution in [3.63, 3.8) is 0 Å². The third-order valence-corrected chi connectivity index (χ3v) is 5.73. The standard InChI is InChI=1S/C22H18N4O5S/c1-31-14-8-6-13(7-9-14)12-17-21(29)26(22(30)32-17)11-10-23-20(28)18-15-4-2-3-5-16(15)19(27)25-24-18/h2-9,12H,10-11H2,1H3,(H,23,28)(H,25,27)/b17-12-. The van der Waals surface area contributed by atoms with Gasteiger partial charge in [-0.25, -0.2) is 5.10 Å². The lowest BCUT2D eigenvalue weighted by Crippen LogP contribution is -2.37. The van der Waals surface area contributed by atoms with E-state index in [4.69, 9.17) is 4.74 Å². The van der Waals surface area contributed by atoms with Crippen molar-refractivity contribution >= 4 is 45.7 Å². The number of benzene rings is 2. The Balaban J connectivity index is 1.41. The number of carbonyl (C=O) groups is 3. The minimum atomic E-state index is -0.516. The summed E-state index contributed by atoms with van der Waals surface area (Å²) >= 11 is 0.848. The second-order valence-corrected chi connectivity index (χ2v) is 7.80. The second kappa shape index (κ2) is 9.06. The number of aromatic amines is 1. The first kappa shape index (κ1) is 21.3. The third-order valence-electron chi connectivity index (χ3n) is 4.82. The van der Waals surface area contributed by atoms with E-state index in [2.05, 4.69) is 15.5 Å². The number of nitrogens with one attached hydrogen (secondary N) is 2. The van der Waals surface area contributed by atoms with Gasteiger partial charge in [-0.1, -0.05) is 30.3 Å². The highest BCUT2D eigenvalue weighted by Crippen LogP contribution is 2.32. The van der Waals surface area contributed by atoms with Crippen molar-refractivity contribution < 1.29 is 19.1 Å². The highest BCUT2D eigenvalue weighted by molar-refractivity contribution is 8.18. The van der Waals surface area contributed by atoms with Crippen LogP contribution in [0.5, 0.6) is 5.75 Å². The maximum Gasteiger partial charge on any atom is 0.293 e. The number of methoxy groups -OCH3 is 1. The van der Waals surface area contributed by atoms with Crippen molar-refractivity contribution in [3.8, 4) is 5.75 Å². The van der Waals surface area contributed by atoms with Crippen LogP contribution in [0.3, 0.4) is 0 Å². The summed E-state index contributed by atoms with van der Waals surface area (Å²) in [7, 11) is 1.56. The highest BCUT2D eigenvalue weighted by Gasteiger charge is 2.34. The van der Waals surface area contributed by atoms with Gasteiger partial charge in [0.2, 0.25) is 0 Å². The smallest absolute Gasteiger partial charge is 0.293 e. The predicted molar refractivity (Wildman–Crippen MR) is 120 cm³/mol. The Hall–Kier alpha value is -3.92. The molecule has 2 heterocycles. The summed E-state index contributed by atoms with van der Waals surface area (Å²) in [6.07, 6.45) is 1.64. The number of hydrogen-bond donors (Lipinski definition) is 2. The zero-order chi connectivity index (χ0) is 22.7. The van der Waals surface area contributed by atoms with E-state index < -0.39 is 22.6 Å². The molecule has 1 saturated heterocycles. The van der Waals surface area contributed by atoms with E-state index in [1.165, 1.54) is 0 Å². The van der Waals surface area contributed by atoms with Gasteiger partial charge in [-0.3, -0.25) is 24.1 Å². The molecule has 3 amide bonds. The summed E-state index contributed by atoms with van der Waals surface area (Å²) in [5.74, 6) is -0.244. The number of thioether (sulfide) groups is 1. The van der Waals surface area contributed by atoms with Gasteiger partial charge in [-0.2, -0.15) is 5.10 Å². The highest BCUT2D eigenvalue weighted by atomic mass is 32.2. The van der Waals surface area contributed by atoms with Gasteiger partial charge in [0.05, 0.1) is 17.4 Å². The molecule has 0 atom stereocenters. The number of H-pyrrole nitrogens is 1. The molecule has 2 N–H and O–H groups in total. The molecule has 0 spiro atoms. The molecule has 1 aliphatic rings. The predicted octanol–water partition coefficient (Wildman–Crippen LogP) is 2.40. The molecule has 0 aliphatic carbocycles. The van der Waals surface area contributed by atoms with Crippen LogP contribution in [0, 0.1) is 0 Å². The summed E-state index contributed by atoms with van der Waals surface area (Å²) < 4.78 is 5.11. The molecule has 1 fully saturated rings. The Morgan fingerprint density at radius 3 is 2.56 bits per heavy atom. The fourth-order valence-corrected chi connectivity index (χ4v) is 4.06. The average Bonchev–Trinajstić information content (AvgIpc) is 3.07. The van der Waals surface area contributed by atoms with Crippen LogP contribution in [0.4, 0.5) is 4.79 Å². The topological polar surface area (TPSA) is 121 Å². The fraction of sp³-hybridized carbons (Fsp3) is 0.136. The molecule has 0 saturated carbocycles. The SMILES string of the molecule is COc1ccc(/C=C2\SC(=O)N(CCNC(=O)c3n[nH]c(=O)c4ccccc34)C2=O)cc1. The van der Waals surface area contributed by atoms with Crippen molar-refractivity contribution in [2.45, 2.75) is 0 Å². The summed E-state index contributed by atoms with van der Waals surface area (Å²) in [6.45, 7) is 0.0550. The van der Waals surface area contributed by atoms with Crippen molar-refractivity contribution in [1.29, 1.82) is 0 Å². The number of amides is 3. The first-order valence-corrected chi connectivity index (χ1v) is 10.4. The van der Waals surface area contributed by atoms with Gasteiger partial charge in [-0.05, 0) is 41.6 Å². The molecule has 10 heteroatoms. The largest absolute Gasteiger partial charge is 0.497 e. The summed E-state index contributed by atoms with van der Waals surface area (Å²) in [5.41, 5.74) is 0.438. The van der Waals surface area contributed by atoms with Crippen molar-refractivity contribution in [2.75, 3.05) is 20.2 Å². The molecule has 3 aromatic rings. The van der Waals surface area contributed by atoms with E-state index in [9.17, 15) is 19.2 Å². The number of rotatable bonds is 6. The molecule has 1 aromatic heterocycles. The van der Waals surface area contributed by atoms with E-state index in [1.54, 1.807) is 61.7 Å². The zero-order valence-electron chi connectivity index (χ0n) is 17.0. The summed E-state index contributed by atoms with van der Waals surface area (Å²) in [4.78, 5) is 50.7. The van der Waals surface area contributed by atoms with Crippen molar-refractivity contribution in [2.24, 2.45) is 0 Å². The maximum absolute atomic E-state index is 12.6. The molecule has 162 valence electrons. The number of nitrogens with zero attached hydrogens (tertiary/aromatic N) is 2. The van der Waals surface area contributed by atoms with Crippen LogP contribution in [0.25, 0.3) is 16.8 Å². The Kier molecular flexibility index (Phi) is 6.04. The van der Waals surface area contributed by atoms with Crippen LogP contribution in [0.2, 0.25) is 0 Å². The Bertz CT molecular complexity index is 1300. The quantitative estimate of drug-likeness (QED) is 0.553. The van der Waals surface area contributed by atoms with Gasteiger partial charge in [0, 0.05) is 18.5 Å². The lowest BCUT2D eigenvalue weighted by atomic mass is 10.1. The van der Waals surface area contributed by atoms with Crippen molar-refractivity contribution in [3.05, 3.63) is 75.0 Å². The minimum absolute atomic E-state index is 0.0116. The van der Waals surface area contributed by atoms with Gasteiger partial charge >= 0.3 is 0 Å². The van der Waals surface area contributed by atoms with E-state index >= 15 is 0 Å². The molecule has 0 bridgehead atoms. The average molecular weight is 450 g/mol. The van der Waals surface area contributed by atoms with Crippen LogP contribution in [0.15, 0.2) is 58.2 Å². The Labute approximate surface area is 186 Å². The fourth-order valence-electron chi connectivity index (χ4n) is 3.20. The van der Waals surface area contributed by atoms with Crippen LogP contribution < -0.4 is 15.6 Å². The molecule has 32 heavy (non-hydrogen) atoms. The zero-order valence-corrected chi connectivity index (χ0v) is 17.8. The van der Waals surface area contributed by atoms with Gasteiger partial charge in [0.15, 0.2) is 5.69 Å². The van der Waals surface area contributed by atoms with Gasteiger partial charge in [0.1, 0.15) is 5.75 Å². The molecule has 1 aliphatic heterocycles. The lowest BCUT2D eigenvalue weighted by Gasteiger charge is -2.13. The van der Waals surface area contributed by atoms with Crippen molar-refractivity contribution in [1.82, 2.24) is 20.4 Å². The third kappa shape index (κ3) is 4.26. The number of imide groups is 1. The number of hydrogen-bond acceptors (Lipinski definition) is 7. The van der Waals surface area contributed by atoms with Crippen LogP contribution in [-0.4, -0.2) is 52.4 Å². The lowest BCUT2D eigenvalue weighted by molar-refractivity contribution is -0.122.